The number of aryl methyl sites for hydroxylation is 1. The number of rotatable bonds is 9. The molecule has 1 nitrogen and oxygen atoms in total. The van der Waals surface area contributed by atoms with Crippen LogP contribution in [-0.2, 0) is 12.8 Å². The Morgan fingerprint density at radius 3 is 2.23 bits per heavy atom. The lowest BCUT2D eigenvalue weighted by atomic mass is 9.89. The first-order valence-corrected chi connectivity index (χ1v) is 8.48. The van der Waals surface area contributed by atoms with Gasteiger partial charge in [-0.25, -0.2) is 0 Å². The van der Waals surface area contributed by atoms with Crippen LogP contribution in [0.25, 0.3) is 0 Å². The molecule has 1 atom stereocenters. The highest BCUT2D eigenvalue weighted by Crippen LogP contribution is 2.22. The van der Waals surface area contributed by atoms with Gasteiger partial charge in [-0.1, -0.05) is 62.2 Å². The molecule has 0 spiro atoms. The van der Waals surface area contributed by atoms with E-state index in [1.54, 1.807) is 7.11 Å². The van der Waals surface area contributed by atoms with E-state index < -0.39 is 0 Å². The minimum atomic E-state index is 0.794. The summed E-state index contributed by atoms with van der Waals surface area (Å²) in [6, 6.07) is 19.4. The van der Waals surface area contributed by atoms with Gasteiger partial charge >= 0.3 is 0 Å². The van der Waals surface area contributed by atoms with Crippen molar-refractivity contribution in [1.82, 2.24) is 0 Å². The Labute approximate surface area is 135 Å². The Morgan fingerprint density at radius 2 is 1.59 bits per heavy atom. The van der Waals surface area contributed by atoms with Crippen molar-refractivity contribution in [2.75, 3.05) is 7.11 Å². The third kappa shape index (κ3) is 5.55. The zero-order chi connectivity index (χ0) is 15.6. The lowest BCUT2D eigenvalue weighted by Crippen LogP contribution is -2.05. The van der Waals surface area contributed by atoms with Crippen LogP contribution >= 0.6 is 0 Å². The van der Waals surface area contributed by atoms with Gasteiger partial charge in [0.05, 0.1) is 7.11 Å². The molecule has 0 heterocycles. The smallest absolute Gasteiger partial charge is 0.118 e. The van der Waals surface area contributed by atoms with E-state index in [9.17, 15) is 0 Å². The van der Waals surface area contributed by atoms with Gasteiger partial charge < -0.3 is 4.74 Å². The van der Waals surface area contributed by atoms with Crippen LogP contribution in [0.3, 0.4) is 0 Å². The Bertz CT molecular complexity index is 515. The lowest BCUT2D eigenvalue weighted by Gasteiger charge is -2.16. The minimum absolute atomic E-state index is 0.794. The third-order valence-corrected chi connectivity index (χ3v) is 4.30. The SMILES string of the molecule is CCCC(CCCc1ccccc1)Cc1ccc(OC)cc1. The van der Waals surface area contributed by atoms with Gasteiger partial charge in [-0.05, 0) is 54.9 Å². The van der Waals surface area contributed by atoms with Crippen LogP contribution in [0.2, 0.25) is 0 Å². The van der Waals surface area contributed by atoms with Crippen LogP contribution in [0.1, 0.15) is 43.7 Å². The van der Waals surface area contributed by atoms with Crippen molar-refractivity contribution in [3.63, 3.8) is 0 Å². The zero-order valence-corrected chi connectivity index (χ0v) is 13.9. The summed E-state index contributed by atoms with van der Waals surface area (Å²) in [5.41, 5.74) is 2.89. The summed E-state index contributed by atoms with van der Waals surface area (Å²) >= 11 is 0. The van der Waals surface area contributed by atoms with E-state index in [-0.39, 0.29) is 0 Å². The van der Waals surface area contributed by atoms with Crippen molar-refractivity contribution < 1.29 is 4.74 Å². The van der Waals surface area contributed by atoms with Gasteiger partial charge in [0.15, 0.2) is 0 Å². The molecular formula is C21H28O. The normalized spacial score (nSPS) is 12.1. The molecule has 0 bridgehead atoms. The number of hydrogen-bond acceptors (Lipinski definition) is 1. The van der Waals surface area contributed by atoms with E-state index in [0.29, 0.717) is 0 Å². The number of ether oxygens (including phenoxy) is 1. The summed E-state index contributed by atoms with van der Waals surface area (Å²) in [7, 11) is 1.72. The third-order valence-electron chi connectivity index (χ3n) is 4.30. The maximum atomic E-state index is 5.24. The molecular weight excluding hydrogens is 268 g/mol. The zero-order valence-electron chi connectivity index (χ0n) is 13.9. The molecule has 22 heavy (non-hydrogen) atoms. The Morgan fingerprint density at radius 1 is 0.864 bits per heavy atom. The van der Waals surface area contributed by atoms with Crippen molar-refractivity contribution in [2.45, 2.75) is 45.4 Å². The van der Waals surface area contributed by atoms with E-state index in [0.717, 1.165) is 11.7 Å². The van der Waals surface area contributed by atoms with Gasteiger partial charge in [0.2, 0.25) is 0 Å². The molecule has 1 heteroatoms. The summed E-state index contributed by atoms with van der Waals surface area (Å²) in [4.78, 5) is 0. The Hall–Kier alpha value is -1.76. The van der Waals surface area contributed by atoms with Gasteiger partial charge in [-0.15, -0.1) is 0 Å². The molecule has 1 unspecified atom stereocenters. The molecule has 0 fully saturated rings. The second-order valence-electron chi connectivity index (χ2n) is 6.08. The number of hydrogen-bond donors (Lipinski definition) is 0. The van der Waals surface area contributed by atoms with Crippen LogP contribution in [0.5, 0.6) is 5.75 Å². The van der Waals surface area contributed by atoms with Crippen LogP contribution in [0, 0.1) is 5.92 Å². The van der Waals surface area contributed by atoms with Crippen molar-refractivity contribution in [3.8, 4) is 5.75 Å². The van der Waals surface area contributed by atoms with Crippen LogP contribution < -0.4 is 4.74 Å². The average Bonchev–Trinajstić information content (AvgIpc) is 2.57. The first-order chi connectivity index (χ1) is 10.8. The highest BCUT2D eigenvalue weighted by atomic mass is 16.5. The molecule has 0 aromatic heterocycles. The first-order valence-electron chi connectivity index (χ1n) is 8.48. The highest BCUT2D eigenvalue weighted by molar-refractivity contribution is 5.27. The molecule has 2 aromatic carbocycles. The van der Waals surface area contributed by atoms with E-state index in [1.807, 2.05) is 0 Å². The summed E-state index contributed by atoms with van der Waals surface area (Å²) < 4.78 is 5.24. The number of benzene rings is 2. The van der Waals surface area contributed by atoms with Gasteiger partial charge in [0, 0.05) is 0 Å². The van der Waals surface area contributed by atoms with Gasteiger partial charge in [-0.3, -0.25) is 0 Å². The highest BCUT2D eigenvalue weighted by Gasteiger charge is 2.09. The standard InChI is InChI=1S/C21H28O/c1-3-8-19(12-7-11-18-9-5-4-6-10-18)17-20-13-15-21(22-2)16-14-20/h4-6,9-10,13-16,19H,3,7-8,11-12,17H2,1-2H3. The van der Waals surface area contributed by atoms with E-state index >= 15 is 0 Å². The van der Waals surface area contributed by atoms with Gasteiger partial charge in [0.25, 0.3) is 0 Å². The molecule has 0 N–H and O–H groups in total. The van der Waals surface area contributed by atoms with Crippen molar-refractivity contribution in [3.05, 3.63) is 65.7 Å². The maximum absolute atomic E-state index is 5.24. The summed E-state index contributed by atoms with van der Waals surface area (Å²) in [5.74, 6) is 1.74. The molecule has 0 amide bonds. The van der Waals surface area contributed by atoms with Crippen LogP contribution in [0.15, 0.2) is 54.6 Å². The fourth-order valence-electron chi connectivity index (χ4n) is 3.09. The molecule has 2 aromatic rings. The fraction of sp³-hybridized carbons (Fsp3) is 0.429. The van der Waals surface area contributed by atoms with Gasteiger partial charge in [0.1, 0.15) is 5.75 Å². The Balaban J connectivity index is 1.83. The van der Waals surface area contributed by atoms with Crippen molar-refractivity contribution in [1.29, 1.82) is 0 Å². The topological polar surface area (TPSA) is 9.23 Å². The molecule has 0 saturated heterocycles. The van der Waals surface area contributed by atoms with Crippen molar-refractivity contribution in [2.24, 2.45) is 5.92 Å². The van der Waals surface area contributed by atoms with Gasteiger partial charge in [-0.2, -0.15) is 0 Å². The second kappa shape index (κ2) is 9.30. The average molecular weight is 296 g/mol. The predicted molar refractivity (Wildman–Crippen MR) is 94.5 cm³/mol. The van der Waals surface area contributed by atoms with Crippen molar-refractivity contribution >= 4 is 0 Å². The summed E-state index contributed by atoms with van der Waals surface area (Å²) in [5, 5.41) is 0. The molecule has 0 radical (unpaired) electrons. The lowest BCUT2D eigenvalue weighted by molar-refractivity contribution is 0.413. The minimum Gasteiger partial charge on any atom is -0.497 e. The predicted octanol–water partition coefficient (Wildman–Crippen LogP) is 5.68. The molecule has 0 saturated carbocycles. The summed E-state index contributed by atoms with van der Waals surface area (Å²) in [6.45, 7) is 2.29. The van der Waals surface area contributed by atoms with E-state index in [4.69, 9.17) is 4.74 Å². The first kappa shape index (κ1) is 16.6. The van der Waals surface area contributed by atoms with Crippen LogP contribution in [-0.4, -0.2) is 7.11 Å². The monoisotopic (exact) mass is 296 g/mol. The summed E-state index contributed by atoms with van der Waals surface area (Å²) in [6.07, 6.45) is 7.57. The Kier molecular flexibility index (Phi) is 7.02. The quantitative estimate of drug-likeness (QED) is 0.578. The van der Waals surface area contributed by atoms with E-state index in [2.05, 4.69) is 61.5 Å². The maximum Gasteiger partial charge on any atom is 0.118 e. The molecule has 0 aliphatic rings. The molecule has 0 aliphatic heterocycles. The fourth-order valence-corrected chi connectivity index (χ4v) is 3.09. The second-order valence-corrected chi connectivity index (χ2v) is 6.08. The van der Waals surface area contributed by atoms with E-state index in [1.165, 1.54) is 49.7 Å². The largest absolute Gasteiger partial charge is 0.497 e. The molecule has 0 aliphatic carbocycles. The molecule has 2 rings (SSSR count). The van der Waals surface area contributed by atoms with Crippen LogP contribution in [0.4, 0.5) is 0 Å². The number of methoxy groups -OCH3 is 1. The molecule has 118 valence electrons.